The van der Waals surface area contributed by atoms with E-state index < -0.39 is 11.9 Å². The summed E-state index contributed by atoms with van der Waals surface area (Å²) in [5.74, 6) is -1.65. The lowest BCUT2D eigenvalue weighted by atomic mass is 10.3. The van der Waals surface area contributed by atoms with Gasteiger partial charge >= 0.3 is 11.9 Å². The van der Waals surface area contributed by atoms with Crippen LogP contribution in [-0.4, -0.2) is 68.6 Å². The first-order chi connectivity index (χ1) is 10.1. The molecule has 0 radical (unpaired) electrons. The Bertz CT molecular complexity index is 243. The van der Waals surface area contributed by atoms with E-state index in [1.165, 1.54) is 0 Å². The largest absolute Gasteiger partial charge is 0.481 e. The van der Waals surface area contributed by atoms with Crippen LogP contribution in [0.25, 0.3) is 0 Å². The van der Waals surface area contributed by atoms with E-state index in [2.05, 4.69) is 0 Å². The number of carboxylic acid groups (broad SMARTS) is 2. The molecule has 0 aromatic heterocycles. The molecule has 0 aliphatic heterocycles. The molecule has 0 unspecified atom stereocenters. The molecule has 8 heteroatoms. The normalized spacial score (nSPS) is 10.7. The summed E-state index contributed by atoms with van der Waals surface area (Å²) in [5, 5.41) is 16.8. The summed E-state index contributed by atoms with van der Waals surface area (Å²) < 4.78 is 20.6. The highest BCUT2D eigenvalue weighted by Crippen LogP contribution is 1.91. The Morgan fingerprint density at radius 1 is 0.619 bits per heavy atom. The first kappa shape index (κ1) is 19.8. The van der Waals surface area contributed by atoms with Crippen LogP contribution < -0.4 is 0 Å². The molecule has 0 aromatic carbocycles. The molecular formula is C13H24O8. The van der Waals surface area contributed by atoms with Crippen molar-refractivity contribution in [3.05, 3.63) is 0 Å². The van der Waals surface area contributed by atoms with Gasteiger partial charge in [-0.15, -0.1) is 0 Å². The van der Waals surface area contributed by atoms with Crippen molar-refractivity contribution in [2.45, 2.75) is 25.7 Å². The maximum Gasteiger partial charge on any atom is 0.303 e. The van der Waals surface area contributed by atoms with Crippen LogP contribution in [0.5, 0.6) is 0 Å². The summed E-state index contributed by atoms with van der Waals surface area (Å²) in [4.78, 5) is 20.4. The predicted octanol–water partition coefficient (Wildman–Crippen LogP) is 0.740. The van der Waals surface area contributed by atoms with Gasteiger partial charge in [-0.05, 0) is 12.8 Å². The summed E-state index contributed by atoms with van der Waals surface area (Å²) in [6, 6.07) is 0. The number of aliphatic carboxylic acids is 2. The number of ether oxygens (including phenoxy) is 4. The van der Waals surface area contributed by atoms with Crippen LogP contribution in [0.2, 0.25) is 0 Å². The zero-order chi connectivity index (χ0) is 15.8. The van der Waals surface area contributed by atoms with Crippen LogP contribution in [0.4, 0.5) is 0 Å². The van der Waals surface area contributed by atoms with Gasteiger partial charge in [0.05, 0.1) is 26.4 Å². The molecule has 0 aliphatic rings. The fourth-order valence-electron chi connectivity index (χ4n) is 1.27. The minimum atomic E-state index is -0.826. The van der Waals surface area contributed by atoms with Crippen LogP contribution >= 0.6 is 0 Å². The van der Waals surface area contributed by atoms with Crippen LogP contribution in [0.1, 0.15) is 25.7 Å². The van der Waals surface area contributed by atoms with Gasteiger partial charge < -0.3 is 29.2 Å². The maximum absolute atomic E-state index is 10.2. The SMILES string of the molecule is O=C(O)CCCOCCOCOCCOCCCC(=O)O. The van der Waals surface area contributed by atoms with E-state index in [-0.39, 0.29) is 19.6 Å². The van der Waals surface area contributed by atoms with Crippen LogP contribution in [-0.2, 0) is 28.5 Å². The second kappa shape index (κ2) is 15.2. The summed E-state index contributed by atoms with van der Waals surface area (Å²) >= 11 is 0. The zero-order valence-electron chi connectivity index (χ0n) is 12.1. The molecule has 124 valence electrons. The predicted molar refractivity (Wildman–Crippen MR) is 72.1 cm³/mol. The zero-order valence-corrected chi connectivity index (χ0v) is 12.1. The number of hydrogen-bond donors (Lipinski definition) is 2. The topological polar surface area (TPSA) is 112 Å². The molecular weight excluding hydrogens is 284 g/mol. The number of carboxylic acids is 2. The van der Waals surface area contributed by atoms with Crippen molar-refractivity contribution in [1.82, 2.24) is 0 Å². The molecule has 0 aromatic rings. The molecule has 0 rings (SSSR count). The van der Waals surface area contributed by atoms with Gasteiger partial charge in [0, 0.05) is 26.1 Å². The molecule has 0 spiro atoms. The monoisotopic (exact) mass is 308 g/mol. The molecule has 0 heterocycles. The number of carbonyl (C=O) groups is 2. The third-order valence-corrected chi connectivity index (χ3v) is 2.27. The lowest BCUT2D eigenvalue weighted by molar-refractivity contribution is -0.138. The minimum Gasteiger partial charge on any atom is -0.481 e. The van der Waals surface area contributed by atoms with Gasteiger partial charge in [0.2, 0.25) is 0 Å². The lowest BCUT2D eigenvalue weighted by Gasteiger charge is -2.07. The summed E-state index contributed by atoms with van der Waals surface area (Å²) in [6.07, 6.45) is 1.20. The number of rotatable bonds is 16. The van der Waals surface area contributed by atoms with E-state index in [0.29, 0.717) is 52.5 Å². The number of hydrogen-bond acceptors (Lipinski definition) is 6. The molecule has 21 heavy (non-hydrogen) atoms. The minimum absolute atomic E-state index is 0.108. The Morgan fingerprint density at radius 3 is 1.38 bits per heavy atom. The van der Waals surface area contributed by atoms with Crippen molar-refractivity contribution in [1.29, 1.82) is 0 Å². The third-order valence-electron chi connectivity index (χ3n) is 2.27. The third kappa shape index (κ3) is 18.8. The van der Waals surface area contributed by atoms with E-state index in [9.17, 15) is 9.59 Å². The lowest BCUT2D eigenvalue weighted by Crippen LogP contribution is -2.11. The molecule has 0 amide bonds. The first-order valence-corrected chi connectivity index (χ1v) is 6.87. The second-order valence-corrected chi connectivity index (χ2v) is 4.15. The summed E-state index contributed by atoms with van der Waals surface area (Å²) in [7, 11) is 0. The van der Waals surface area contributed by atoms with Crippen LogP contribution in [0, 0.1) is 0 Å². The fraction of sp³-hybridized carbons (Fsp3) is 0.846. The molecule has 0 bridgehead atoms. The van der Waals surface area contributed by atoms with E-state index in [1.54, 1.807) is 0 Å². The van der Waals surface area contributed by atoms with Crippen molar-refractivity contribution in [2.75, 3.05) is 46.4 Å². The Balaban J connectivity index is 2.99. The highest BCUT2D eigenvalue weighted by atomic mass is 16.7. The van der Waals surface area contributed by atoms with E-state index >= 15 is 0 Å². The smallest absolute Gasteiger partial charge is 0.303 e. The van der Waals surface area contributed by atoms with Gasteiger partial charge in [0.15, 0.2) is 0 Å². The second-order valence-electron chi connectivity index (χ2n) is 4.15. The van der Waals surface area contributed by atoms with Gasteiger partial charge in [0.25, 0.3) is 0 Å². The van der Waals surface area contributed by atoms with Crippen molar-refractivity contribution in [3.63, 3.8) is 0 Å². The summed E-state index contributed by atoms with van der Waals surface area (Å²) in [5.41, 5.74) is 0. The molecule has 0 saturated heterocycles. The van der Waals surface area contributed by atoms with Gasteiger partial charge in [0.1, 0.15) is 6.79 Å². The highest BCUT2D eigenvalue weighted by Gasteiger charge is 1.97. The van der Waals surface area contributed by atoms with E-state index in [4.69, 9.17) is 29.2 Å². The standard InChI is InChI=1S/C13H24O8/c14-12(15)3-1-5-18-7-9-20-11-21-10-8-19-6-2-4-13(16)17/h1-11H2,(H,14,15)(H,16,17). The van der Waals surface area contributed by atoms with Gasteiger partial charge in [-0.2, -0.15) is 0 Å². The van der Waals surface area contributed by atoms with Crippen LogP contribution in [0.3, 0.4) is 0 Å². The van der Waals surface area contributed by atoms with Gasteiger partial charge in [-0.25, -0.2) is 0 Å². The van der Waals surface area contributed by atoms with Gasteiger partial charge in [-0.1, -0.05) is 0 Å². The van der Waals surface area contributed by atoms with Crippen LogP contribution in [0.15, 0.2) is 0 Å². The van der Waals surface area contributed by atoms with Crippen molar-refractivity contribution >= 4 is 11.9 Å². The molecule has 0 atom stereocenters. The Morgan fingerprint density at radius 2 is 1.00 bits per heavy atom. The van der Waals surface area contributed by atoms with Gasteiger partial charge in [-0.3, -0.25) is 9.59 Å². The quantitative estimate of drug-likeness (QED) is 0.317. The average molecular weight is 308 g/mol. The van der Waals surface area contributed by atoms with E-state index in [0.717, 1.165) is 0 Å². The first-order valence-electron chi connectivity index (χ1n) is 6.87. The molecule has 8 nitrogen and oxygen atoms in total. The fourth-order valence-corrected chi connectivity index (χ4v) is 1.27. The highest BCUT2D eigenvalue weighted by molar-refractivity contribution is 5.66. The van der Waals surface area contributed by atoms with Crippen molar-refractivity contribution in [2.24, 2.45) is 0 Å². The summed E-state index contributed by atoms with van der Waals surface area (Å²) in [6.45, 7) is 2.50. The Hall–Kier alpha value is -1.22. The van der Waals surface area contributed by atoms with Crippen molar-refractivity contribution in [3.8, 4) is 0 Å². The van der Waals surface area contributed by atoms with E-state index in [1.807, 2.05) is 0 Å². The maximum atomic E-state index is 10.2. The molecule has 0 saturated carbocycles. The Kier molecular flexibility index (Phi) is 14.3. The average Bonchev–Trinajstić information content (AvgIpc) is 2.42. The molecule has 0 aliphatic carbocycles. The Labute approximate surface area is 123 Å². The molecule has 2 N–H and O–H groups in total. The van der Waals surface area contributed by atoms with Crippen molar-refractivity contribution < 1.29 is 38.7 Å². The molecule has 0 fully saturated rings.